The van der Waals surface area contributed by atoms with Crippen LogP contribution in [0.2, 0.25) is 0 Å². The molecule has 18 heavy (non-hydrogen) atoms. The minimum atomic E-state index is 0.246. The molecule has 102 valence electrons. The summed E-state index contributed by atoms with van der Waals surface area (Å²) in [6, 6.07) is 0.371. The van der Waals surface area contributed by atoms with Gasteiger partial charge in [-0.15, -0.1) is 0 Å². The number of likely N-dealkylation sites (N-methyl/N-ethyl adjacent to an activating group) is 2. The van der Waals surface area contributed by atoms with Gasteiger partial charge in [0, 0.05) is 23.8 Å². The number of aromatic nitrogens is 2. The number of nitrogens with one attached hydrogen (secondary N) is 1. The quantitative estimate of drug-likeness (QED) is 0.868. The fourth-order valence-corrected chi connectivity index (χ4v) is 3.43. The van der Waals surface area contributed by atoms with Crippen LogP contribution in [-0.4, -0.2) is 41.4 Å². The summed E-state index contributed by atoms with van der Waals surface area (Å²) in [7, 11) is 6.48. The van der Waals surface area contributed by atoms with Crippen LogP contribution in [0.15, 0.2) is 12.4 Å². The number of nitrogens with zero attached hydrogens (tertiary/aromatic N) is 3. The van der Waals surface area contributed by atoms with E-state index < -0.39 is 0 Å². The van der Waals surface area contributed by atoms with Crippen LogP contribution in [0.25, 0.3) is 0 Å². The Morgan fingerprint density at radius 2 is 2.11 bits per heavy atom. The average molecular weight is 250 g/mol. The van der Waals surface area contributed by atoms with Crippen molar-refractivity contribution >= 4 is 0 Å². The van der Waals surface area contributed by atoms with Gasteiger partial charge < -0.3 is 10.2 Å². The predicted octanol–water partition coefficient (Wildman–Crippen LogP) is 2.04. The molecule has 0 radical (unpaired) electrons. The first-order valence-electron chi connectivity index (χ1n) is 7.01. The lowest BCUT2D eigenvalue weighted by Crippen LogP contribution is -2.51. The summed E-state index contributed by atoms with van der Waals surface area (Å²) in [5.41, 5.74) is 1.56. The number of rotatable bonds is 5. The van der Waals surface area contributed by atoms with E-state index in [0.29, 0.717) is 6.04 Å². The van der Waals surface area contributed by atoms with Gasteiger partial charge in [-0.05, 0) is 40.9 Å². The average Bonchev–Trinajstić information content (AvgIpc) is 2.99. The van der Waals surface area contributed by atoms with E-state index in [2.05, 4.69) is 49.6 Å². The molecule has 0 saturated heterocycles. The number of hydrogen-bond acceptors (Lipinski definition) is 3. The molecule has 0 bridgehead atoms. The van der Waals surface area contributed by atoms with Gasteiger partial charge in [0.1, 0.15) is 0 Å². The maximum absolute atomic E-state index is 4.42. The first-order chi connectivity index (χ1) is 8.64. The molecule has 1 aromatic rings. The van der Waals surface area contributed by atoms with Crippen molar-refractivity contribution in [1.82, 2.24) is 20.0 Å². The molecule has 1 heterocycles. The van der Waals surface area contributed by atoms with Gasteiger partial charge in [-0.1, -0.05) is 12.8 Å². The van der Waals surface area contributed by atoms with E-state index in [1.165, 1.54) is 31.2 Å². The van der Waals surface area contributed by atoms with E-state index in [-0.39, 0.29) is 5.54 Å². The van der Waals surface area contributed by atoms with Gasteiger partial charge in [0.2, 0.25) is 0 Å². The summed E-state index contributed by atoms with van der Waals surface area (Å²) in [6.45, 7) is 3.06. The molecule has 0 aliphatic heterocycles. The molecule has 1 atom stereocenters. The van der Waals surface area contributed by atoms with Crippen molar-refractivity contribution in [2.24, 2.45) is 0 Å². The third kappa shape index (κ3) is 2.19. The zero-order valence-corrected chi connectivity index (χ0v) is 12.1. The monoisotopic (exact) mass is 250 g/mol. The lowest BCUT2D eigenvalue weighted by molar-refractivity contribution is 0.108. The van der Waals surface area contributed by atoms with Crippen molar-refractivity contribution in [3.8, 4) is 0 Å². The highest BCUT2D eigenvalue weighted by atomic mass is 15.3. The molecular formula is C14H26N4. The summed E-state index contributed by atoms with van der Waals surface area (Å²) in [6.07, 6.45) is 9.40. The smallest absolute Gasteiger partial charge is 0.0538 e. The SMILES string of the molecule is CCn1cc(C(NC)C2(N(C)C)CCCC2)cn1. The van der Waals surface area contributed by atoms with Gasteiger partial charge in [0.15, 0.2) is 0 Å². The molecular weight excluding hydrogens is 224 g/mol. The molecule has 2 rings (SSSR count). The Morgan fingerprint density at radius 3 is 2.56 bits per heavy atom. The van der Waals surface area contributed by atoms with Crippen LogP contribution >= 0.6 is 0 Å². The van der Waals surface area contributed by atoms with Gasteiger partial charge in [0.05, 0.1) is 12.2 Å². The standard InChI is InChI=1S/C14H26N4/c1-5-18-11-12(10-16-18)13(15-2)14(17(3)4)8-6-7-9-14/h10-11,13,15H,5-9H2,1-4H3. The van der Waals surface area contributed by atoms with Crippen LogP contribution in [0, 0.1) is 0 Å². The molecule has 0 aromatic carbocycles. The molecule has 4 heteroatoms. The van der Waals surface area contributed by atoms with Gasteiger partial charge >= 0.3 is 0 Å². The van der Waals surface area contributed by atoms with Gasteiger partial charge in [-0.2, -0.15) is 5.10 Å². The third-order valence-corrected chi connectivity index (χ3v) is 4.50. The van der Waals surface area contributed by atoms with Crippen LogP contribution in [0.3, 0.4) is 0 Å². The molecule has 0 spiro atoms. The Balaban J connectivity index is 2.31. The Labute approximate surface area is 110 Å². The van der Waals surface area contributed by atoms with E-state index in [1.54, 1.807) is 0 Å². The van der Waals surface area contributed by atoms with Crippen molar-refractivity contribution in [3.63, 3.8) is 0 Å². The summed E-state index contributed by atoms with van der Waals surface area (Å²) in [5, 5.41) is 7.95. The highest BCUT2D eigenvalue weighted by Gasteiger charge is 2.43. The Kier molecular flexibility index (Phi) is 4.07. The summed E-state index contributed by atoms with van der Waals surface area (Å²) in [5.74, 6) is 0. The first kappa shape index (κ1) is 13.6. The molecule has 1 aliphatic carbocycles. The van der Waals surface area contributed by atoms with E-state index in [0.717, 1.165) is 6.54 Å². The van der Waals surface area contributed by atoms with Crippen molar-refractivity contribution in [1.29, 1.82) is 0 Å². The maximum Gasteiger partial charge on any atom is 0.0538 e. The normalized spacial score (nSPS) is 20.5. The third-order valence-electron chi connectivity index (χ3n) is 4.50. The molecule has 1 aliphatic rings. The highest BCUT2D eigenvalue weighted by Crippen LogP contribution is 2.43. The largest absolute Gasteiger partial charge is 0.311 e. The summed E-state index contributed by atoms with van der Waals surface area (Å²) >= 11 is 0. The lowest BCUT2D eigenvalue weighted by atomic mass is 9.83. The maximum atomic E-state index is 4.42. The van der Waals surface area contributed by atoms with E-state index >= 15 is 0 Å². The predicted molar refractivity (Wildman–Crippen MR) is 74.6 cm³/mol. The zero-order chi connectivity index (χ0) is 13.2. The van der Waals surface area contributed by atoms with Crippen LogP contribution in [0.1, 0.15) is 44.2 Å². The minimum Gasteiger partial charge on any atom is -0.311 e. The number of aryl methyl sites for hydroxylation is 1. The van der Waals surface area contributed by atoms with Crippen molar-refractivity contribution < 1.29 is 0 Å². The van der Waals surface area contributed by atoms with Crippen LogP contribution in [0.5, 0.6) is 0 Å². The van der Waals surface area contributed by atoms with Gasteiger partial charge in [-0.25, -0.2) is 0 Å². The molecule has 1 fully saturated rings. The van der Waals surface area contributed by atoms with Gasteiger partial charge in [-0.3, -0.25) is 4.68 Å². The Hall–Kier alpha value is -0.870. The van der Waals surface area contributed by atoms with E-state index in [9.17, 15) is 0 Å². The fraction of sp³-hybridized carbons (Fsp3) is 0.786. The van der Waals surface area contributed by atoms with Crippen molar-refractivity contribution in [3.05, 3.63) is 18.0 Å². The second-order valence-electron chi connectivity index (χ2n) is 5.56. The fourth-order valence-electron chi connectivity index (χ4n) is 3.43. The second-order valence-corrected chi connectivity index (χ2v) is 5.56. The molecule has 1 unspecified atom stereocenters. The summed E-state index contributed by atoms with van der Waals surface area (Å²) < 4.78 is 2.01. The van der Waals surface area contributed by atoms with Crippen LogP contribution in [-0.2, 0) is 6.54 Å². The lowest BCUT2D eigenvalue weighted by Gasteiger charge is -2.43. The first-order valence-corrected chi connectivity index (χ1v) is 7.01. The molecule has 4 nitrogen and oxygen atoms in total. The molecule has 0 amide bonds. The van der Waals surface area contributed by atoms with E-state index in [4.69, 9.17) is 0 Å². The van der Waals surface area contributed by atoms with E-state index in [1.807, 2.05) is 10.9 Å². The number of hydrogen-bond donors (Lipinski definition) is 1. The van der Waals surface area contributed by atoms with Crippen molar-refractivity contribution in [2.45, 2.75) is 50.7 Å². The van der Waals surface area contributed by atoms with Crippen LogP contribution < -0.4 is 5.32 Å². The second kappa shape index (κ2) is 5.41. The van der Waals surface area contributed by atoms with Crippen molar-refractivity contribution in [2.75, 3.05) is 21.1 Å². The van der Waals surface area contributed by atoms with Gasteiger partial charge in [0.25, 0.3) is 0 Å². The molecule has 1 N–H and O–H groups in total. The Morgan fingerprint density at radius 1 is 1.44 bits per heavy atom. The molecule has 1 saturated carbocycles. The Bertz CT molecular complexity index is 377. The molecule has 1 aromatic heterocycles. The minimum absolute atomic E-state index is 0.246. The topological polar surface area (TPSA) is 33.1 Å². The van der Waals surface area contributed by atoms with Crippen LogP contribution in [0.4, 0.5) is 0 Å². The highest BCUT2D eigenvalue weighted by molar-refractivity contribution is 5.19. The zero-order valence-electron chi connectivity index (χ0n) is 12.1. The summed E-state index contributed by atoms with van der Waals surface area (Å²) in [4.78, 5) is 2.41.